The molecule has 2 amide bonds. The molecule has 4 rings (SSSR count). The van der Waals surface area contributed by atoms with Crippen LogP contribution in [0.1, 0.15) is 38.5 Å². The van der Waals surface area contributed by atoms with Crippen LogP contribution < -0.4 is 4.90 Å². The first-order chi connectivity index (χ1) is 13.0. The van der Waals surface area contributed by atoms with Crippen molar-refractivity contribution in [1.82, 2.24) is 9.21 Å². The second kappa shape index (κ2) is 7.33. The summed E-state index contributed by atoms with van der Waals surface area (Å²) in [5.41, 5.74) is 0.438. The average Bonchev–Trinajstić information content (AvgIpc) is 2.80. The molecule has 2 heterocycles. The van der Waals surface area contributed by atoms with Gasteiger partial charge in [0.05, 0.1) is 10.6 Å². The van der Waals surface area contributed by atoms with E-state index in [-0.39, 0.29) is 29.6 Å². The predicted octanol–water partition coefficient (Wildman–Crippen LogP) is 1.59. The molecule has 1 aromatic carbocycles. The van der Waals surface area contributed by atoms with Crippen LogP contribution in [0.3, 0.4) is 0 Å². The first kappa shape index (κ1) is 18.6. The molecule has 2 saturated heterocycles. The van der Waals surface area contributed by atoms with Gasteiger partial charge in [-0.25, -0.2) is 8.42 Å². The topological polar surface area (TPSA) is 78.0 Å². The number of nitrogens with zero attached hydrogens (tertiary/aromatic N) is 3. The van der Waals surface area contributed by atoms with Crippen molar-refractivity contribution >= 4 is 27.5 Å². The van der Waals surface area contributed by atoms with Gasteiger partial charge in [-0.3, -0.25) is 19.4 Å². The maximum atomic E-state index is 13.0. The highest BCUT2D eigenvalue weighted by Crippen LogP contribution is 2.28. The Morgan fingerprint density at radius 2 is 1.48 bits per heavy atom. The molecule has 0 aromatic heterocycles. The van der Waals surface area contributed by atoms with Crippen molar-refractivity contribution in [3.8, 4) is 0 Å². The molecule has 27 heavy (non-hydrogen) atoms. The largest absolute Gasteiger partial charge is 0.299 e. The van der Waals surface area contributed by atoms with Crippen LogP contribution >= 0.6 is 0 Å². The van der Waals surface area contributed by atoms with Gasteiger partial charge in [0.25, 0.3) is 0 Å². The zero-order valence-electron chi connectivity index (χ0n) is 15.3. The van der Waals surface area contributed by atoms with Crippen LogP contribution in [0.4, 0.5) is 5.69 Å². The Morgan fingerprint density at radius 1 is 0.815 bits per heavy atom. The molecule has 0 bridgehead atoms. The molecule has 146 valence electrons. The van der Waals surface area contributed by atoms with Gasteiger partial charge in [-0.15, -0.1) is 0 Å². The third kappa shape index (κ3) is 3.53. The Kier molecular flexibility index (Phi) is 5.05. The minimum Gasteiger partial charge on any atom is -0.299 e. The first-order valence-corrected chi connectivity index (χ1v) is 11.1. The lowest BCUT2D eigenvalue weighted by Gasteiger charge is -2.36. The monoisotopic (exact) mass is 391 g/mol. The molecule has 3 aliphatic rings. The van der Waals surface area contributed by atoms with E-state index in [0.29, 0.717) is 24.8 Å². The van der Waals surface area contributed by atoms with E-state index in [1.54, 1.807) is 16.4 Å². The summed E-state index contributed by atoms with van der Waals surface area (Å²) in [4.78, 5) is 27.5. The summed E-state index contributed by atoms with van der Waals surface area (Å²) in [6.07, 6.45) is 4.99. The van der Waals surface area contributed by atoms with Crippen LogP contribution in [0.5, 0.6) is 0 Å². The number of rotatable bonds is 4. The van der Waals surface area contributed by atoms with Crippen LogP contribution in [0.25, 0.3) is 0 Å². The van der Waals surface area contributed by atoms with Gasteiger partial charge in [0.1, 0.15) is 0 Å². The lowest BCUT2D eigenvalue weighted by Crippen LogP contribution is -2.42. The van der Waals surface area contributed by atoms with Gasteiger partial charge >= 0.3 is 0 Å². The maximum absolute atomic E-state index is 13.0. The highest BCUT2D eigenvalue weighted by molar-refractivity contribution is 7.89. The number of amides is 2. The fraction of sp³-hybridized carbons (Fsp3) is 0.579. The van der Waals surface area contributed by atoms with Gasteiger partial charge in [-0.2, -0.15) is 4.31 Å². The number of carbonyl (C=O) groups excluding carboxylic acids is 2. The van der Waals surface area contributed by atoms with Crippen LogP contribution in [0, 0.1) is 0 Å². The smallest absolute Gasteiger partial charge is 0.243 e. The van der Waals surface area contributed by atoms with Crippen molar-refractivity contribution in [3.63, 3.8) is 0 Å². The fourth-order valence-electron chi connectivity index (χ4n) is 4.05. The summed E-state index contributed by atoms with van der Waals surface area (Å²) in [5.74, 6) is -0.474. The zero-order chi connectivity index (χ0) is 19.0. The summed E-state index contributed by atoms with van der Waals surface area (Å²) in [6, 6.07) is 6.72. The molecule has 0 radical (unpaired) electrons. The lowest BCUT2D eigenvalue weighted by atomic mass is 9.91. The molecular weight excluding hydrogens is 366 g/mol. The zero-order valence-corrected chi connectivity index (χ0v) is 16.2. The van der Waals surface area contributed by atoms with Crippen LogP contribution in [-0.2, 0) is 19.6 Å². The van der Waals surface area contributed by atoms with Crippen LogP contribution in [0.15, 0.2) is 29.2 Å². The number of anilines is 1. The summed E-state index contributed by atoms with van der Waals surface area (Å²) in [6.45, 7) is 2.76. The molecule has 0 spiro atoms. The minimum atomic E-state index is -3.57. The van der Waals surface area contributed by atoms with E-state index >= 15 is 0 Å². The summed E-state index contributed by atoms with van der Waals surface area (Å²) in [7, 11) is -3.57. The lowest BCUT2D eigenvalue weighted by molar-refractivity contribution is -0.121. The van der Waals surface area contributed by atoms with Gasteiger partial charge in [0, 0.05) is 38.5 Å². The van der Waals surface area contributed by atoms with E-state index in [4.69, 9.17) is 0 Å². The third-order valence-corrected chi connectivity index (χ3v) is 7.78. The molecule has 8 heteroatoms. The van der Waals surface area contributed by atoms with Gasteiger partial charge in [-0.1, -0.05) is 6.42 Å². The molecule has 1 aliphatic carbocycles. The minimum absolute atomic E-state index is 0.211. The average molecular weight is 391 g/mol. The Hall–Kier alpha value is -1.77. The second-order valence-corrected chi connectivity index (χ2v) is 9.43. The predicted molar refractivity (Wildman–Crippen MR) is 101 cm³/mol. The Morgan fingerprint density at radius 3 is 2.07 bits per heavy atom. The normalized spacial score (nSPS) is 23.5. The van der Waals surface area contributed by atoms with Gasteiger partial charge in [0.2, 0.25) is 21.8 Å². The van der Waals surface area contributed by atoms with E-state index in [1.807, 2.05) is 0 Å². The number of benzene rings is 1. The van der Waals surface area contributed by atoms with Crippen molar-refractivity contribution in [1.29, 1.82) is 0 Å². The number of sulfonamides is 1. The van der Waals surface area contributed by atoms with E-state index in [0.717, 1.165) is 24.4 Å². The van der Waals surface area contributed by atoms with Gasteiger partial charge in [-0.05, 0) is 50.1 Å². The molecular formula is C19H25N3O4S. The van der Waals surface area contributed by atoms with Crippen molar-refractivity contribution in [2.24, 2.45) is 0 Å². The quantitative estimate of drug-likeness (QED) is 0.729. The fourth-order valence-corrected chi connectivity index (χ4v) is 5.52. The van der Waals surface area contributed by atoms with Crippen LogP contribution in [0.2, 0.25) is 0 Å². The Balaban J connectivity index is 1.48. The Labute approximate surface area is 160 Å². The van der Waals surface area contributed by atoms with E-state index < -0.39 is 10.0 Å². The molecule has 0 unspecified atom stereocenters. The number of carbonyl (C=O) groups is 2. The molecule has 1 aromatic rings. The molecule has 1 saturated carbocycles. The molecule has 7 nitrogen and oxygen atoms in total. The first-order valence-electron chi connectivity index (χ1n) is 9.67. The summed E-state index contributed by atoms with van der Waals surface area (Å²) >= 11 is 0. The van der Waals surface area contributed by atoms with Crippen molar-refractivity contribution in [3.05, 3.63) is 24.3 Å². The standard InChI is InChI=1S/C19H25N3O4S/c23-18-9-10-19(24)22(18)16-5-7-17(8-6-16)27(25,26)21-12-2-11-20(13-14-21)15-3-1-4-15/h5-8,15H,1-4,9-14H2. The van der Waals surface area contributed by atoms with Crippen molar-refractivity contribution in [2.75, 3.05) is 31.1 Å². The van der Waals surface area contributed by atoms with E-state index in [2.05, 4.69) is 4.90 Å². The molecule has 3 fully saturated rings. The number of hydrogen-bond donors (Lipinski definition) is 0. The summed E-state index contributed by atoms with van der Waals surface area (Å²) in [5, 5.41) is 0. The highest BCUT2D eigenvalue weighted by atomic mass is 32.2. The highest BCUT2D eigenvalue weighted by Gasteiger charge is 2.32. The molecule has 0 N–H and O–H groups in total. The van der Waals surface area contributed by atoms with Crippen molar-refractivity contribution < 1.29 is 18.0 Å². The van der Waals surface area contributed by atoms with Gasteiger partial charge in [0.15, 0.2) is 0 Å². The van der Waals surface area contributed by atoms with E-state index in [1.165, 1.54) is 31.4 Å². The second-order valence-electron chi connectivity index (χ2n) is 7.50. The van der Waals surface area contributed by atoms with Crippen molar-refractivity contribution in [2.45, 2.75) is 49.5 Å². The van der Waals surface area contributed by atoms with Crippen LogP contribution in [-0.4, -0.2) is 61.7 Å². The SMILES string of the molecule is O=C1CCC(=O)N1c1ccc(S(=O)(=O)N2CCCN(C3CCC3)CC2)cc1. The Bertz CT molecular complexity index is 817. The molecule has 2 aliphatic heterocycles. The molecule has 0 atom stereocenters. The maximum Gasteiger partial charge on any atom is 0.243 e. The third-order valence-electron chi connectivity index (χ3n) is 5.86. The number of imide groups is 1. The number of hydrogen-bond acceptors (Lipinski definition) is 5. The van der Waals surface area contributed by atoms with Gasteiger partial charge < -0.3 is 0 Å². The van der Waals surface area contributed by atoms with E-state index in [9.17, 15) is 18.0 Å². The summed E-state index contributed by atoms with van der Waals surface area (Å²) < 4.78 is 27.6.